The molecule has 2 aromatic rings. The van der Waals surface area contributed by atoms with Gasteiger partial charge in [0, 0.05) is 29.6 Å². The van der Waals surface area contributed by atoms with Gasteiger partial charge in [-0.25, -0.2) is 9.78 Å². The lowest BCUT2D eigenvalue weighted by atomic mass is 10.2. The molecule has 1 N–H and O–H groups in total. The average Bonchev–Trinajstić information content (AvgIpc) is 3.02. The Labute approximate surface area is 154 Å². The molecular weight excluding hydrogens is 354 g/mol. The molecule has 0 saturated heterocycles. The van der Waals surface area contributed by atoms with Gasteiger partial charge in [0.25, 0.3) is 5.56 Å². The minimum atomic E-state index is -0.396. The van der Waals surface area contributed by atoms with Crippen LogP contribution in [-0.2, 0) is 9.53 Å². The predicted octanol–water partition coefficient (Wildman–Crippen LogP) is 2.40. The van der Waals surface area contributed by atoms with Crippen molar-refractivity contribution >= 4 is 29.3 Å². The van der Waals surface area contributed by atoms with Crippen LogP contribution in [0.5, 0.6) is 0 Å². The number of amides is 1. The largest absolute Gasteiger partial charge is 0.462 e. The summed E-state index contributed by atoms with van der Waals surface area (Å²) in [6.45, 7) is 3.77. The van der Waals surface area contributed by atoms with Crippen LogP contribution in [-0.4, -0.2) is 33.8 Å². The third-order valence-electron chi connectivity index (χ3n) is 4.00. The molecule has 3 rings (SSSR count). The Bertz CT molecular complexity index is 892. The van der Waals surface area contributed by atoms with Crippen molar-refractivity contribution in [3.05, 3.63) is 51.9 Å². The van der Waals surface area contributed by atoms with Crippen molar-refractivity contribution in [2.45, 2.75) is 31.5 Å². The molecule has 2 heterocycles. The summed E-state index contributed by atoms with van der Waals surface area (Å²) in [6.07, 6.45) is 1.75. The number of nitrogens with one attached hydrogen (secondary N) is 1. The van der Waals surface area contributed by atoms with Crippen molar-refractivity contribution in [1.29, 1.82) is 0 Å². The van der Waals surface area contributed by atoms with E-state index in [9.17, 15) is 14.4 Å². The van der Waals surface area contributed by atoms with Gasteiger partial charge in [0.05, 0.1) is 18.2 Å². The number of aryl methyl sites for hydroxylation is 1. The fourth-order valence-corrected chi connectivity index (χ4v) is 3.81. The van der Waals surface area contributed by atoms with E-state index >= 15 is 0 Å². The van der Waals surface area contributed by atoms with E-state index < -0.39 is 5.97 Å². The highest BCUT2D eigenvalue weighted by Crippen LogP contribution is 2.32. The van der Waals surface area contributed by atoms with Crippen molar-refractivity contribution in [3.63, 3.8) is 0 Å². The smallest absolute Gasteiger partial charge is 0.338 e. The number of esters is 1. The van der Waals surface area contributed by atoms with Gasteiger partial charge in [0.2, 0.25) is 5.91 Å². The molecule has 1 aromatic carbocycles. The van der Waals surface area contributed by atoms with Gasteiger partial charge in [-0.05, 0) is 38.1 Å². The van der Waals surface area contributed by atoms with Crippen molar-refractivity contribution in [2.75, 3.05) is 17.7 Å². The number of aromatic nitrogens is 2. The summed E-state index contributed by atoms with van der Waals surface area (Å²) in [6, 6.07) is 6.30. The summed E-state index contributed by atoms with van der Waals surface area (Å²) in [5.41, 5.74) is 1.48. The number of rotatable bonds is 5. The van der Waals surface area contributed by atoms with Gasteiger partial charge in [0.1, 0.15) is 0 Å². The molecule has 1 aliphatic rings. The highest BCUT2D eigenvalue weighted by Gasteiger charge is 2.27. The number of benzene rings is 1. The number of nitrogens with zero attached hydrogens (tertiary/aromatic N) is 2. The zero-order valence-corrected chi connectivity index (χ0v) is 15.3. The van der Waals surface area contributed by atoms with E-state index in [1.165, 1.54) is 11.8 Å². The molecular formula is C18H19N3O4S. The van der Waals surface area contributed by atoms with E-state index in [4.69, 9.17) is 4.74 Å². The third-order valence-corrected chi connectivity index (χ3v) is 5.11. The number of ether oxygens (including phenoxy) is 1. The predicted molar refractivity (Wildman–Crippen MR) is 98.6 cm³/mol. The van der Waals surface area contributed by atoms with Gasteiger partial charge in [-0.15, -0.1) is 0 Å². The Kier molecular flexibility index (Phi) is 5.41. The lowest BCUT2D eigenvalue weighted by Gasteiger charge is -2.13. The quantitative estimate of drug-likeness (QED) is 0.639. The molecule has 0 bridgehead atoms. The van der Waals surface area contributed by atoms with E-state index in [0.717, 1.165) is 0 Å². The van der Waals surface area contributed by atoms with E-state index in [1.807, 2.05) is 0 Å². The second-order valence-electron chi connectivity index (χ2n) is 5.91. The molecule has 1 aliphatic heterocycles. The van der Waals surface area contributed by atoms with Crippen LogP contribution in [0.4, 0.5) is 5.69 Å². The highest BCUT2D eigenvalue weighted by molar-refractivity contribution is 7.99. The summed E-state index contributed by atoms with van der Waals surface area (Å²) in [7, 11) is 0. The summed E-state index contributed by atoms with van der Waals surface area (Å²) in [5, 5.41) is 3.45. The Balaban J connectivity index is 1.65. The number of thioether (sulfide) groups is 1. The van der Waals surface area contributed by atoms with Crippen molar-refractivity contribution < 1.29 is 14.3 Å². The van der Waals surface area contributed by atoms with Crippen molar-refractivity contribution in [3.8, 4) is 0 Å². The van der Waals surface area contributed by atoms with Crippen LogP contribution in [0.2, 0.25) is 0 Å². The standard InChI is InChI=1S/C18H19N3O4S/c1-3-25-17(24)12-4-6-13(7-5-12)20-15(22)8-14-10-26-18-19-9-11(2)16(23)21(14)18/h4-7,9,14H,3,8,10H2,1-2H3,(H,20,22). The molecule has 0 fully saturated rings. The number of hydrogen-bond donors (Lipinski definition) is 1. The van der Waals surface area contributed by atoms with Crippen LogP contribution in [0.1, 0.15) is 35.3 Å². The topological polar surface area (TPSA) is 90.3 Å². The Morgan fingerprint density at radius 3 is 2.77 bits per heavy atom. The van der Waals surface area contributed by atoms with Crippen molar-refractivity contribution in [1.82, 2.24) is 9.55 Å². The van der Waals surface area contributed by atoms with Crippen molar-refractivity contribution in [2.24, 2.45) is 0 Å². The van der Waals surface area contributed by atoms with E-state index in [0.29, 0.717) is 34.3 Å². The normalized spacial score (nSPS) is 15.4. The van der Waals surface area contributed by atoms with Gasteiger partial charge in [-0.1, -0.05) is 11.8 Å². The van der Waals surface area contributed by atoms with Crippen LogP contribution in [0.15, 0.2) is 40.4 Å². The number of anilines is 1. The van der Waals surface area contributed by atoms with Gasteiger partial charge in [-0.2, -0.15) is 0 Å². The lowest BCUT2D eigenvalue weighted by Crippen LogP contribution is -2.28. The molecule has 0 aliphatic carbocycles. The summed E-state index contributed by atoms with van der Waals surface area (Å²) >= 11 is 1.48. The van der Waals surface area contributed by atoms with Gasteiger partial charge < -0.3 is 10.1 Å². The van der Waals surface area contributed by atoms with Crippen LogP contribution in [0, 0.1) is 6.92 Å². The summed E-state index contributed by atoms with van der Waals surface area (Å²) in [5.74, 6) is 0.0499. The maximum absolute atomic E-state index is 12.3. The first kappa shape index (κ1) is 18.2. The Hall–Kier alpha value is -2.61. The second kappa shape index (κ2) is 7.74. The molecule has 0 radical (unpaired) electrons. The van der Waals surface area contributed by atoms with Crippen LogP contribution < -0.4 is 10.9 Å². The molecule has 0 spiro atoms. The zero-order valence-electron chi connectivity index (χ0n) is 14.5. The average molecular weight is 373 g/mol. The first-order valence-corrected chi connectivity index (χ1v) is 9.26. The molecule has 1 amide bonds. The monoisotopic (exact) mass is 373 g/mol. The SMILES string of the molecule is CCOC(=O)c1ccc(NC(=O)CC2CSc3ncc(C)c(=O)n32)cc1. The van der Waals surface area contributed by atoms with Gasteiger partial charge in [0.15, 0.2) is 5.16 Å². The molecule has 26 heavy (non-hydrogen) atoms. The third kappa shape index (κ3) is 3.80. The van der Waals surface area contributed by atoms with E-state index in [1.54, 1.807) is 48.9 Å². The molecule has 1 unspecified atom stereocenters. The number of carbonyl (C=O) groups is 2. The molecule has 136 valence electrons. The fraction of sp³-hybridized carbons (Fsp3) is 0.333. The van der Waals surface area contributed by atoms with Gasteiger partial charge >= 0.3 is 5.97 Å². The molecule has 0 saturated carbocycles. The first-order chi connectivity index (χ1) is 12.5. The second-order valence-corrected chi connectivity index (χ2v) is 6.90. The minimum absolute atomic E-state index is 0.100. The fourth-order valence-electron chi connectivity index (χ4n) is 2.70. The highest BCUT2D eigenvalue weighted by atomic mass is 32.2. The minimum Gasteiger partial charge on any atom is -0.462 e. The Morgan fingerprint density at radius 1 is 1.35 bits per heavy atom. The maximum atomic E-state index is 12.3. The molecule has 1 aromatic heterocycles. The molecule has 1 atom stereocenters. The Morgan fingerprint density at radius 2 is 2.08 bits per heavy atom. The van der Waals surface area contributed by atoms with Crippen LogP contribution in [0.3, 0.4) is 0 Å². The van der Waals surface area contributed by atoms with Crippen LogP contribution in [0.25, 0.3) is 0 Å². The number of carbonyl (C=O) groups excluding carboxylic acids is 2. The maximum Gasteiger partial charge on any atom is 0.338 e. The molecule has 8 heteroatoms. The van der Waals surface area contributed by atoms with E-state index in [2.05, 4.69) is 10.3 Å². The summed E-state index contributed by atoms with van der Waals surface area (Å²) < 4.78 is 6.53. The summed E-state index contributed by atoms with van der Waals surface area (Å²) in [4.78, 5) is 40.5. The zero-order chi connectivity index (χ0) is 18.7. The lowest BCUT2D eigenvalue weighted by molar-refractivity contribution is -0.116. The van der Waals surface area contributed by atoms with Crippen LogP contribution >= 0.6 is 11.8 Å². The molecule has 7 nitrogen and oxygen atoms in total. The van der Waals surface area contributed by atoms with Gasteiger partial charge in [-0.3, -0.25) is 14.2 Å². The number of fused-ring (bicyclic) bond motifs is 1. The van der Waals surface area contributed by atoms with E-state index in [-0.39, 0.29) is 23.9 Å². The number of hydrogen-bond acceptors (Lipinski definition) is 6. The first-order valence-electron chi connectivity index (χ1n) is 8.27.